The third-order valence-electron chi connectivity index (χ3n) is 4.06. The molecule has 2 aromatic rings. The zero-order valence-electron chi connectivity index (χ0n) is 12.0. The number of para-hydroxylation sites is 1. The molecule has 1 aliphatic rings. The Morgan fingerprint density at radius 3 is 2.62 bits per heavy atom. The number of nitrogens with zero attached hydrogens (tertiary/aromatic N) is 1. The number of carbonyl (C=O) groups is 1. The van der Waals surface area contributed by atoms with Gasteiger partial charge in [-0.25, -0.2) is 0 Å². The third kappa shape index (κ3) is 2.62. The second-order valence-corrected chi connectivity index (χ2v) is 5.36. The number of carbonyl (C=O) groups excluding carboxylic acids is 1. The van der Waals surface area contributed by atoms with Crippen LogP contribution in [0.15, 0.2) is 67.3 Å². The lowest BCUT2D eigenvalue weighted by Crippen LogP contribution is -2.33. The summed E-state index contributed by atoms with van der Waals surface area (Å²) in [7, 11) is 0. The first-order valence-electron chi connectivity index (χ1n) is 7.36. The summed E-state index contributed by atoms with van der Waals surface area (Å²) in [5.41, 5.74) is 3.38. The Balaban J connectivity index is 1.91. The smallest absolute Gasteiger partial charge is 0.234 e. The van der Waals surface area contributed by atoms with Gasteiger partial charge >= 0.3 is 0 Å². The highest BCUT2D eigenvalue weighted by molar-refractivity contribution is 5.99. The van der Waals surface area contributed by atoms with E-state index in [4.69, 9.17) is 0 Å². The average Bonchev–Trinajstić information content (AvgIpc) is 2.97. The van der Waals surface area contributed by atoms with Gasteiger partial charge in [-0.2, -0.15) is 0 Å². The number of hydrogen-bond acceptors (Lipinski definition) is 1. The number of benzene rings is 2. The van der Waals surface area contributed by atoms with Crippen LogP contribution < -0.4 is 4.90 Å². The molecule has 0 bridgehead atoms. The van der Waals surface area contributed by atoms with Gasteiger partial charge in [0.05, 0.1) is 5.92 Å². The molecule has 0 aromatic heterocycles. The van der Waals surface area contributed by atoms with E-state index >= 15 is 0 Å². The zero-order chi connectivity index (χ0) is 14.7. The van der Waals surface area contributed by atoms with Gasteiger partial charge in [-0.05, 0) is 30.0 Å². The standard InChI is InChI=1S/C19H19NO/c1-2-8-17(15-9-4-3-5-10-15)19(21)20-14-13-16-11-6-7-12-18(16)20/h2-7,9-12,17H,1,8,13-14H2/t17-/m0/s1. The number of fused-ring (bicyclic) bond motifs is 1. The highest BCUT2D eigenvalue weighted by Gasteiger charge is 2.30. The molecule has 2 nitrogen and oxygen atoms in total. The van der Waals surface area contributed by atoms with Crippen LogP contribution in [0, 0.1) is 0 Å². The van der Waals surface area contributed by atoms with Crippen molar-refractivity contribution in [3.05, 3.63) is 78.4 Å². The molecule has 1 heterocycles. The first kappa shape index (κ1) is 13.6. The first-order valence-corrected chi connectivity index (χ1v) is 7.36. The van der Waals surface area contributed by atoms with Gasteiger partial charge in [0.15, 0.2) is 0 Å². The van der Waals surface area contributed by atoms with E-state index in [1.165, 1.54) is 5.56 Å². The van der Waals surface area contributed by atoms with Crippen molar-refractivity contribution >= 4 is 11.6 Å². The average molecular weight is 277 g/mol. The van der Waals surface area contributed by atoms with Crippen molar-refractivity contribution < 1.29 is 4.79 Å². The predicted octanol–water partition coefficient (Wildman–Crippen LogP) is 3.94. The van der Waals surface area contributed by atoms with Crippen LogP contribution in [0.25, 0.3) is 0 Å². The highest BCUT2D eigenvalue weighted by atomic mass is 16.2. The minimum Gasteiger partial charge on any atom is -0.311 e. The lowest BCUT2D eigenvalue weighted by molar-refractivity contribution is -0.119. The summed E-state index contributed by atoms with van der Waals surface area (Å²) in [6, 6.07) is 18.2. The van der Waals surface area contributed by atoms with E-state index in [0.29, 0.717) is 6.42 Å². The van der Waals surface area contributed by atoms with Crippen LogP contribution in [0.4, 0.5) is 5.69 Å². The van der Waals surface area contributed by atoms with Crippen LogP contribution in [-0.4, -0.2) is 12.5 Å². The Hall–Kier alpha value is -2.35. The van der Waals surface area contributed by atoms with Crippen molar-refractivity contribution in [3.8, 4) is 0 Å². The maximum absolute atomic E-state index is 13.0. The molecule has 0 saturated heterocycles. The van der Waals surface area contributed by atoms with Crippen LogP contribution in [0.2, 0.25) is 0 Å². The van der Waals surface area contributed by atoms with Crippen LogP contribution in [0.1, 0.15) is 23.5 Å². The second kappa shape index (κ2) is 5.96. The lowest BCUT2D eigenvalue weighted by atomic mass is 9.94. The zero-order valence-corrected chi connectivity index (χ0v) is 12.0. The number of anilines is 1. The molecular formula is C19H19NO. The summed E-state index contributed by atoms with van der Waals surface area (Å²) < 4.78 is 0. The Kier molecular flexibility index (Phi) is 3.87. The van der Waals surface area contributed by atoms with E-state index in [-0.39, 0.29) is 11.8 Å². The fourth-order valence-electron chi connectivity index (χ4n) is 2.99. The molecule has 0 aliphatic carbocycles. The minimum absolute atomic E-state index is 0.144. The van der Waals surface area contributed by atoms with E-state index in [2.05, 4.69) is 12.6 Å². The molecule has 2 aromatic carbocycles. The lowest BCUT2D eigenvalue weighted by Gasteiger charge is -2.23. The van der Waals surface area contributed by atoms with Crippen molar-refractivity contribution in [2.45, 2.75) is 18.8 Å². The molecule has 0 radical (unpaired) electrons. The Morgan fingerprint density at radius 1 is 1.14 bits per heavy atom. The van der Waals surface area contributed by atoms with Crippen LogP contribution >= 0.6 is 0 Å². The fraction of sp³-hybridized carbons (Fsp3) is 0.211. The molecule has 0 unspecified atom stereocenters. The van der Waals surface area contributed by atoms with Gasteiger partial charge in [0.1, 0.15) is 0 Å². The number of amides is 1. The van der Waals surface area contributed by atoms with Gasteiger partial charge in [0.25, 0.3) is 0 Å². The van der Waals surface area contributed by atoms with Gasteiger partial charge in [-0.3, -0.25) is 4.79 Å². The summed E-state index contributed by atoms with van der Waals surface area (Å²) >= 11 is 0. The summed E-state index contributed by atoms with van der Waals surface area (Å²) in [5.74, 6) is 0.0286. The van der Waals surface area contributed by atoms with Crippen molar-refractivity contribution in [2.75, 3.05) is 11.4 Å². The predicted molar refractivity (Wildman–Crippen MR) is 86.5 cm³/mol. The molecule has 1 atom stereocenters. The quantitative estimate of drug-likeness (QED) is 0.775. The monoisotopic (exact) mass is 277 g/mol. The molecule has 21 heavy (non-hydrogen) atoms. The van der Waals surface area contributed by atoms with Gasteiger partial charge in [-0.1, -0.05) is 54.6 Å². The van der Waals surface area contributed by atoms with Crippen molar-refractivity contribution in [2.24, 2.45) is 0 Å². The summed E-state index contributed by atoms with van der Waals surface area (Å²) in [5, 5.41) is 0. The molecule has 2 heteroatoms. The van der Waals surface area contributed by atoms with Crippen molar-refractivity contribution in [3.63, 3.8) is 0 Å². The largest absolute Gasteiger partial charge is 0.311 e. The molecular weight excluding hydrogens is 258 g/mol. The molecule has 0 saturated carbocycles. The number of allylic oxidation sites excluding steroid dienone is 1. The van der Waals surface area contributed by atoms with E-state index in [9.17, 15) is 4.79 Å². The summed E-state index contributed by atoms with van der Waals surface area (Å²) in [6.07, 6.45) is 3.44. The van der Waals surface area contributed by atoms with Crippen LogP contribution in [-0.2, 0) is 11.2 Å². The molecule has 1 aliphatic heterocycles. The van der Waals surface area contributed by atoms with Gasteiger partial charge in [-0.15, -0.1) is 6.58 Å². The van der Waals surface area contributed by atoms with E-state index in [1.54, 1.807) is 0 Å². The van der Waals surface area contributed by atoms with Crippen molar-refractivity contribution in [1.82, 2.24) is 0 Å². The topological polar surface area (TPSA) is 20.3 Å². The Labute approximate surface area is 125 Å². The van der Waals surface area contributed by atoms with E-state index < -0.39 is 0 Å². The normalized spacial score (nSPS) is 14.6. The summed E-state index contributed by atoms with van der Waals surface area (Å²) in [4.78, 5) is 14.9. The molecule has 1 amide bonds. The Bertz CT molecular complexity index is 648. The SMILES string of the molecule is C=CC[C@H](C(=O)N1CCc2ccccc21)c1ccccc1. The van der Waals surface area contributed by atoms with Gasteiger partial charge in [0.2, 0.25) is 5.91 Å². The van der Waals surface area contributed by atoms with Gasteiger partial charge in [0, 0.05) is 12.2 Å². The fourth-order valence-corrected chi connectivity index (χ4v) is 2.99. The maximum atomic E-state index is 13.0. The number of hydrogen-bond donors (Lipinski definition) is 0. The van der Waals surface area contributed by atoms with E-state index in [1.807, 2.05) is 59.5 Å². The van der Waals surface area contributed by atoms with Gasteiger partial charge < -0.3 is 4.90 Å². The Morgan fingerprint density at radius 2 is 1.86 bits per heavy atom. The first-order chi connectivity index (χ1) is 10.3. The molecule has 0 fully saturated rings. The van der Waals surface area contributed by atoms with Crippen molar-refractivity contribution in [1.29, 1.82) is 0 Å². The molecule has 0 N–H and O–H groups in total. The summed E-state index contributed by atoms with van der Waals surface area (Å²) in [6.45, 7) is 4.59. The molecule has 0 spiro atoms. The maximum Gasteiger partial charge on any atom is 0.234 e. The number of rotatable bonds is 4. The molecule has 3 rings (SSSR count). The van der Waals surface area contributed by atoms with Crippen LogP contribution in [0.5, 0.6) is 0 Å². The second-order valence-electron chi connectivity index (χ2n) is 5.36. The highest BCUT2D eigenvalue weighted by Crippen LogP contribution is 2.32. The minimum atomic E-state index is -0.144. The van der Waals surface area contributed by atoms with Crippen LogP contribution in [0.3, 0.4) is 0 Å². The third-order valence-corrected chi connectivity index (χ3v) is 4.06. The van der Waals surface area contributed by atoms with E-state index in [0.717, 1.165) is 24.2 Å². The molecule has 106 valence electrons.